The lowest BCUT2D eigenvalue weighted by molar-refractivity contribution is 0.241. The van der Waals surface area contributed by atoms with Gasteiger partial charge in [-0.2, -0.15) is 0 Å². The lowest BCUT2D eigenvalue weighted by Gasteiger charge is -2.26. The Hall–Kier alpha value is -0.120. The van der Waals surface area contributed by atoms with Crippen LogP contribution in [0.3, 0.4) is 0 Å². The van der Waals surface area contributed by atoms with Gasteiger partial charge in [-0.1, -0.05) is 6.92 Å². The molecule has 0 aromatic rings. The van der Waals surface area contributed by atoms with Crippen molar-refractivity contribution in [3.8, 4) is 0 Å². The summed E-state index contributed by atoms with van der Waals surface area (Å²) in [5.41, 5.74) is 0. The predicted octanol–water partition coefficient (Wildman–Crippen LogP) is 1.54. The van der Waals surface area contributed by atoms with Gasteiger partial charge in [-0.05, 0) is 46.2 Å². The Labute approximate surface area is 107 Å². The van der Waals surface area contributed by atoms with Gasteiger partial charge in [0.2, 0.25) is 0 Å². The first kappa shape index (κ1) is 13.3. The van der Waals surface area contributed by atoms with Gasteiger partial charge in [-0.25, -0.2) is 0 Å². The molecule has 0 aromatic carbocycles. The number of fused-ring (bicyclic) bond motifs is 1. The third-order valence-corrected chi connectivity index (χ3v) is 4.82. The molecule has 0 aliphatic carbocycles. The normalized spacial score (nSPS) is 31.1. The Kier molecular flexibility index (Phi) is 4.83. The van der Waals surface area contributed by atoms with E-state index >= 15 is 0 Å². The average molecular weight is 239 g/mol. The first-order chi connectivity index (χ1) is 8.22. The van der Waals surface area contributed by atoms with Crippen molar-refractivity contribution >= 4 is 0 Å². The predicted molar refractivity (Wildman–Crippen MR) is 73.4 cm³/mol. The zero-order valence-electron chi connectivity index (χ0n) is 11.8. The van der Waals surface area contributed by atoms with Crippen LogP contribution in [-0.4, -0.2) is 61.2 Å². The first-order valence-electron chi connectivity index (χ1n) is 7.40. The molecule has 3 heteroatoms. The third-order valence-electron chi connectivity index (χ3n) is 4.82. The highest BCUT2D eigenvalue weighted by atomic mass is 15.2. The fraction of sp³-hybridized carbons (Fsp3) is 1.00. The van der Waals surface area contributed by atoms with Crippen LogP contribution in [0.25, 0.3) is 0 Å². The molecule has 0 aromatic heterocycles. The molecule has 3 unspecified atom stereocenters. The Balaban J connectivity index is 1.65. The highest BCUT2D eigenvalue weighted by molar-refractivity contribution is 4.95. The summed E-state index contributed by atoms with van der Waals surface area (Å²) in [4.78, 5) is 5.14. The minimum absolute atomic E-state index is 0.711. The standard InChI is InChI=1S/C14H29N3/c1-4-12(2)16(3)11-8-15-13-7-10-17-9-5-6-14(13)17/h12-15H,4-11H2,1-3H3. The van der Waals surface area contributed by atoms with Crippen LogP contribution in [0.2, 0.25) is 0 Å². The molecular formula is C14H29N3. The summed E-state index contributed by atoms with van der Waals surface area (Å²) in [5.74, 6) is 0. The van der Waals surface area contributed by atoms with Gasteiger partial charge in [0.15, 0.2) is 0 Å². The van der Waals surface area contributed by atoms with Crippen LogP contribution in [0.5, 0.6) is 0 Å². The van der Waals surface area contributed by atoms with Crippen molar-refractivity contribution in [2.45, 2.75) is 57.7 Å². The number of rotatable bonds is 6. The number of hydrogen-bond acceptors (Lipinski definition) is 3. The second-order valence-electron chi connectivity index (χ2n) is 5.83. The summed E-state index contributed by atoms with van der Waals surface area (Å²) >= 11 is 0. The van der Waals surface area contributed by atoms with Crippen LogP contribution in [0.4, 0.5) is 0 Å². The van der Waals surface area contributed by atoms with Crippen molar-refractivity contribution in [1.29, 1.82) is 0 Å². The van der Waals surface area contributed by atoms with Gasteiger partial charge in [-0.3, -0.25) is 4.90 Å². The summed E-state index contributed by atoms with van der Waals surface area (Å²) in [6.07, 6.45) is 5.43. The van der Waals surface area contributed by atoms with Gasteiger partial charge < -0.3 is 10.2 Å². The molecule has 0 radical (unpaired) electrons. The highest BCUT2D eigenvalue weighted by Crippen LogP contribution is 2.27. The van der Waals surface area contributed by atoms with Crippen molar-refractivity contribution < 1.29 is 0 Å². The molecule has 17 heavy (non-hydrogen) atoms. The molecule has 2 aliphatic rings. The summed E-state index contributed by atoms with van der Waals surface area (Å²) < 4.78 is 0. The molecule has 2 fully saturated rings. The number of nitrogens with one attached hydrogen (secondary N) is 1. The molecule has 0 spiro atoms. The van der Waals surface area contributed by atoms with Crippen molar-refractivity contribution in [3.05, 3.63) is 0 Å². The van der Waals surface area contributed by atoms with Gasteiger partial charge >= 0.3 is 0 Å². The molecule has 1 N–H and O–H groups in total. The van der Waals surface area contributed by atoms with E-state index in [2.05, 4.69) is 36.0 Å². The van der Waals surface area contributed by atoms with Gasteiger partial charge in [0.25, 0.3) is 0 Å². The summed E-state index contributed by atoms with van der Waals surface area (Å²) in [6, 6.07) is 2.33. The highest BCUT2D eigenvalue weighted by Gasteiger charge is 2.36. The van der Waals surface area contributed by atoms with Crippen molar-refractivity contribution in [2.75, 3.05) is 33.2 Å². The SMILES string of the molecule is CCC(C)N(C)CCNC1CCN2CCCC12. The Morgan fingerprint density at radius 2 is 2.18 bits per heavy atom. The minimum Gasteiger partial charge on any atom is -0.311 e. The number of likely N-dealkylation sites (N-methyl/N-ethyl adjacent to an activating group) is 1. The van der Waals surface area contributed by atoms with Crippen molar-refractivity contribution in [2.24, 2.45) is 0 Å². The molecule has 3 atom stereocenters. The topological polar surface area (TPSA) is 18.5 Å². The Morgan fingerprint density at radius 1 is 1.35 bits per heavy atom. The molecule has 2 saturated heterocycles. The van der Waals surface area contributed by atoms with E-state index in [4.69, 9.17) is 0 Å². The van der Waals surface area contributed by atoms with E-state index in [-0.39, 0.29) is 0 Å². The molecule has 0 saturated carbocycles. The fourth-order valence-corrected chi connectivity index (χ4v) is 3.28. The minimum atomic E-state index is 0.711. The van der Waals surface area contributed by atoms with E-state index in [0.717, 1.165) is 18.6 Å². The molecule has 2 aliphatic heterocycles. The van der Waals surface area contributed by atoms with Crippen LogP contribution in [0.1, 0.15) is 39.5 Å². The molecule has 0 amide bonds. The first-order valence-corrected chi connectivity index (χ1v) is 7.40. The van der Waals surface area contributed by atoms with E-state index in [0.29, 0.717) is 6.04 Å². The van der Waals surface area contributed by atoms with Crippen molar-refractivity contribution in [1.82, 2.24) is 15.1 Å². The second kappa shape index (κ2) is 6.17. The summed E-state index contributed by atoms with van der Waals surface area (Å²) in [7, 11) is 2.24. The Bertz CT molecular complexity index is 232. The van der Waals surface area contributed by atoms with Crippen LogP contribution >= 0.6 is 0 Å². The largest absolute Gasteiger partial charge is 0.311 e. The molecular weight excluding hydrogens is 210 g/mol. The van der Waals surface area contributed by atoms with Crippen molar-refractivity contribution in [3.63, 3.8) is 0 Å². The quantitative estimate of drug-likeness (QED) is 0.758. The maximum absolute atomic E-state index is 3.78. The van der Waals surface area contributed by atoms with Crippen LogP contribution in [-0.2, 0) is 0 Å². The average Bonchev–Trinajstić information content (AvgIpc) is 2.92. The fourth-order valence-electron chi connectivity index (χ4n) is 3.28. The van der Waals surface area contributed by atoms with Crippen LogP contribution in [0.15, 0.2) is 0 Å². The van der Waals surface area contributed by atoms with E-state index in [9.17, 15) is 0 Å². The zero-order chi connectivity index (χ0) is 12.3. The number of nitrogens with zero attached hydrogens (tertiary/aromatic N) is 2. The molecule has 3 nitrogen and oxygen atoms in total. The monoisotopic (exact) mass is 239 g/mol. The second-order valence-corrected chi connectivity index (χ2v) is 5.83. The van der Waals surface area contributed by atoms with E-state index < -0.39 is 0 Å². The Morgan fingerprint density at radius 3 is 2.94 bits per heavy atom. The van der Waals surface area contributed by atoms with E-state index in [1.54, 1.807) is 0 Å². The maximum atomic E-state index is 3.78. The number of hydrogen-bond donors (Lipinski definition) is 1. The summed E-state index contributed by atoms with van der Waals surface area (Å²) in [6.45, 7) is 9.57. The third kappa shape index (κ3) is 3.21. The molecule has 0 bridgehead atoms. The summed E-state index contributed by atoms with van der Waals surface area (Å²) in [5, 5.41) is 3.78. The van der Waals surface area contributed by atoms with Gasteiger partial charge in [0.1, 0.15) is 0 Å². The molecule has 2 heterocycles. The van der Waals surface area contributed by atoms with Gasteiger partial charge in [0, 0.05) is 37.8 Å². The smallest absolute Gasteiger partial charge is 0.0250 e. The zero-order valence-corrected chi connectivity index (χ0v) is 11.8. The van der Waals surface area contributed by atoms with E-state index in [1.165, 1.54) is 45.3 Å². The lowest BCUT2D eigenvalue weighted by atomic mass is 10.1. The van der Waals surface area contributed by atoms with E-state index in [1.807, 2.05) is 0 Å². The maximum Gasteiger partial charge on any atom is 0.0250 e. The molecule has 2 rings (SSSR count). The molecule has 100 valence electrons. The van der Waals surface area contributed by atoms with Crippen LogP contribution in [0, 0.1) is 0 Å². The van der Waals surface area contributed by atoms with Crippen LogP contribution < -0.4 is 5.32 Å². The van der Waals surface area contributed by atoms with Gasteiger partial charge in [-0.15, -0.1) is 0 Å². The lowest BCUT2D eigenvalue weighted by Crippen LogP contribution is -2.43. The van der Waals surface area contributed by atoms with Gasteiger partial charge in [0.05, 0.1) is 0 Å².